The van der Waals surface area contributed by atoms with Crippen molar-refractivity contribution in [3.63, 3.8) is 0 Å². The van der Waals surface area contributed by atoms with Gasteiger partial charge in [-0.25, -0.2) is 9.29 Å². The molecule has 0 unspecified atom stereocenters. The van der Waals surface area contributed by atoms with Crippen LogP contribution in [0.25, 0.3) is 0 Å². The number of allylic oxidation sites excluding steroid dienone is 2. The summed E-state index contributed by atoms with van der Waals surface area (Å²) in [6, 6.07) is 8.71. The predicted octanol–water partition coefficient (Wildman–Crippen LogP) is 4.14. The summed E-state index contributed by atoms with van der Waals surface area (Å²) < 4.78 is 13.6. The zero-order valence-corrected chi connectivity index (χ0v) is 21.5. The second-order valence-corrected chi connectivity index (χ2v) is 11.6. The summed E-state index contributed by atoms with van der Waals surface area (Å²) in [6.07, 6.45) is 1.48. The quantitative estimate of drug-likeness (QED) is 0.239. The number of imide groups is 2. The number of benzene rings is 2. The van der Waals surface area contributed by atoms with E-state index in [0.717, 1.165) is 17.0 Å². The number of aromatic hydroxyl groups is 1. The van der Waals surface area contributed by atoms with E-state index in [2.05, 4.69) is 0 Å². The lowest BCUT2D eigenvalue weighted by Crippen LogP contribution is -2.60. The van der Waals surface area contributed by atoms with E-state index in [-0.39, 0.29) is 39.9 Å². The normalized spacial score (nSPS) is 34.3. The fourth-order valence-corrected chi connectivity index (χ4v) is 7.69. The monoisotopic (exact) mass is 578 g/mol. The number of rotatable bonds is 2. The molecule has 2 N–H and O–H groups in total. The second-order valence-electron chi connectivity index (χ2n) is 9.94. The van der Waals surface area contributed by atoms with E-state index >= 15 is 0 Å². The van der Waals surface area contributed by atoms with E-state index in [1.165, 1.54) is 30.3 Å². The molecule has 2 aromatic rings. The minimum Gasteiger partial charge on any atom is -0.508 e. The molecule has 2 saturated heterocycles. The van der Waals surface area contributed by atoms with E-state index in [1.807, 2.05) is 0 Å². The van der Waals surface area contributed by atoms with Gasteiger partial charge in [-0.1, -0.05) is 29.3 Å². The molecule has 12 heteroatoms. The Hall–Kier alpha value is -2.98. The lowest BCUT2D eigenvalue weighted by molar-refractivity contribution is -0.173. The molecule has 6 atom stereocenters. The maximum absolute atomic E-state index is 14.1. The first-order chi connectivity index (χ1) is 17.9. The Morgan fingerprint density at radius 3 is 2.29 bits per heavy atom. The van der Waals surface area contributed by atoms with Crippen molar-refractivity contribution in [3.8, 4) is 5.75 Å². The standard InChI is InChI=1S/C26H18Cl3FN2O6/c27-18-9-13(33)5-6-15(18)20-14-7-8-16-19(22(35)32(38)21(16)34)17(14)10-25(28)23(36)31(24(37)26(20,25)29)12-3-1-11(30)2-4-12/h1-7,9,16-17,19-20,33,38H,8,10H2/t16-,17+,19-,20+,25+,26-/m0/s1. The minimum atomic E-state index is -2.14. The Bertz CT molecular complexity index is 1480. The van der Waals surface area contributed by atoms with Crippen LogP contribution in [0.1, 0.15) is 24.3 Å². The summed E-state index contributed by atoms with van der Waals surface area (Å²) in [6.45, 7) is 0. The summed E-state index contributed by atoms with van der Waals surface area (Å²) >= 11 is 20.8. The highest BCUT2D eigenvalue weighted by molar-refractivity contribution is 6.58. The van der Waals surface area contributed by atoms with Gasteiger partial charge in [0, 0.05) is 10.9 Å². The molecule has 2 aromatic carbocycles. The number of hydroxylamine groups is 2. The third-order valence-electron chi connectivity index (χ3n) is 8.17. The van der Waals surface area contributed by atoms with Gasteiger partial charge in [0.05, 0.1) is 17.5 Å². The van der Waals surface area contributed by atoms with Crippen LogP contribution in [-0.2, 0) is 19.2 Å². The van der Waals surface area contributed by atoms with Crippen LogP contribution in [0, 0.1) is 23.6 Å². The third-order valence-corrected chi connectivity index (χ3v) is 9.91. The van der Waals surface area contributed by atoms with E-state index < -0.39 is 62.9 Å². The van der Waals surface area contributed by atoms with Gasteiger partial charge in [-0.15, -0.1) is 23.2 Å². The maximum Gasteiger partial charge on any atom is 0.258 e. The van der Waals surface area contributed by atoms with Crippen LogP contribution in [0.15, 0.2) is 54.1 Å². The van der Waals surface area contributed by atoms with Crippen LogP contribution in [0.4, 0.5) is 10.1 Å². The Morgan fingerprint density at radius 2 is 1.63 bits per heavy atom. The molecule has 1 saturated carbocycles. The van der Waals surface area contributed by atoms with Gasteiger partial charge in [0.25, 0.3) is 23.6 Å². The lowest BCUT2D eigenvalue weighted by atomic mass is 9.56. The number of fused-ring (bicyclic) bond motifs is 4. The van der Waals surface area contributed by atoms with Crippen LogP contribution >= 0.6 is 34.8 Å². The molecule has 6 rings (SSSR count). The van der Waals surface area contributed by atoms with Crippen molar-refractivity contribution in [3.05, 3.63) is 70.5 Å². The molecule has 8 nitrogen and oxygen atoms in total. The topological polar surface area (TPSA) is 115 Å². The van der Waals surface area contributed by atoms with Gasteiger partial charge in [-0.05, 0) is 60.7 Å². The SMILES string of the molecule is O=C1[C@H]2[C@H](CC=C3[C@H]2C[C@@]2(Cl)C(=O)N(c4ccc(F)cc4)C(=O)[C@@]2(Cl)[C@H]3c2ccc(O)cc2Cl)C(=O)N1O. The number of nitrogens with zero attached hydrogens (tertiary/aromatic N) is 2. The van der Waals surface area contributed by atoms with E-state index in [9.17, 15) is 33.9 Å². The van der Waals surface area contributed by atoms with Crippen LogP contribution in [0.5, 0.6) is 5.75 Å². The highest BCUT2D eigenvalue weighted by Crippen LogP contribution is 2.66. The van der Waals surface area contributed by atoms with Crippen LogP contribution < -0.4 is 4.90 Å². The summed E-state index contributed by atoms with van der Waals surface area (Å²) in [4.78, 5) is 50.2. The zero-order chi connectivity index (χ0) is 27.3. The Balaban J connectivity index is 1.59. The van der Waals surface area contributed by atoms with Crippen LogP contribution in [0.2, 0.25) is 5.02 Å². The van der Waals surface area contributed by atoms with E-state index in [0.29, 0.717) is 5.57 Å². The number of amides is 4. The molecule has 0 bridgehead atoms. The van der Waals surface area contributed by atoms with Crippen molar-refractivity contribution in [1.29, 1.82) is 0 Å². The number of carbonyl (C=O) groups is 4. The van der Waals surface area contributed by atoms with Crippen molar-refractivity contribution >= 4 is 64.1 Å². The number of hydrogen-bond donors (Lipinski definition) is 2. The van der Waals surface area contributed by atoms with Gasteiger partial charge < -0.3 is 5.11 Å². The third kappa shape index (κ3) is 3.07. The maximum atomic E-state index is 14.1. The minimum absolute atomic E-state index is 0.0378. The van der Waals surface area contributed by atoms with Crippen molar-refractivity contribution in [2.45, 2.75) is 28.5 Å². The lowest BCUT2D eigenvalue weighted by Gasteiger charge is -2.50. The van der Waals surface area contributed by atoms with Crippen molar-refractivity contribution < 1.29 is 33.9 Å². The summed E-state index contributed by atoms with van der Waals surface area (Å²) in [7, 11) is 0. The fraction of sp³-hybridized carbons (Fsp3) is 0.308. The smallest absolute Gasteiger partial charge is 0.258 e. The summed E-state index contributed by atoms with van der Waals surface area (Å²) in [5.74, 6) is -7.96. The number of hydrogen-bond acceptors (Lipinski definition) is 6. The zero-order valence-electron chi connectivity index (χ0n) is 19.3. The average molecular weight is 580 g/mol. The first-order valence-electron chi connectivity index (χ1n) is 11.7. The number of carbonyl (C=O) groups excluding carboxylic acids is 4. The van der Waals surface area contributed by atoms with Crippen molar-refractivity contribution in [2.24, 2.45) is 17.8 Å². The number of anilines is 1. The molecule has 2 heterocycles. The summed E-state index contributed by atoms with van der Waals surface area (Å²) in [5.41, 5.74) is 0.803. The predicted molar refractivity (Wildman–Crippen MR) is 133 cm³/mol. The largest absolute Gasteiger partial charge is 0.508 e. The van der Waals surface area contributed by atoms with Gasteiger partial charge in [-0.2, -0.15) is 5.06 Å². The second kappa shape index (κ2) is 8.26. The molecule has 0 spiro atoms. The molecule has 3 fully saturated rings. The first-order valence-corrected chi connectivity index (χ1v) is 12.8. The van der Waals surface area contributed by atoms with Gasteiger partial charge in [0.2, 0.25) is 0 Å². The van der Waals surface area contributed by atoms with Gasteiger partial charge in [-0.3, -0.25) is 24.4 Å². The highest BCUT2D eigenvalue weighted by atomic mass is 35.5. The molecule has 4 aliphatic rings. The number of alkyl halides is 2. The van der Waals surface area contributed by atoms with Gasteiger partial charge >= 0.3 is 0 Å². The Morgan fingerprint density at radius 1 is 0.947 bits per heavy atom. The highest BCUT2D eigenvalue weighted by Gasteiger charge is 2.76. The van der Waals surface area contributed by atoms with E-state index in [4.69, 9.17) is 34.8 Å². The molecule has 38 heavy (non-hydrogen) atoms. The van der Waals surface area contributed by atoms with Gasteiger partial charge in [0.1, 0.15) is 11.6 Å². The molecular formula is C26H18Cl3FN2O6. The molecule has 196 valence electrons. The average Bonchev–Trinajstić information content (AvgIpc) is 3.18. The molecular weight excluding hydrogens is 562 g/mol. The molecule has 2 aliphatic carbocycles. The summed E-state index contributed by atoms with van der Waals surface area (Å²) in [5, 5.41) is 20.2. The molecule has 0 radical (unpaired) electrons. The van der Waals surface area contributed by atoms with Crippen molar-refractivity contribution in [1.82, 2.24) is 5.06 Å². The number of phenols is 1. The fourth-order valence-electron chi connectivity index (χ4n) is 6.48. The van der Waals surface area contributed by atoms with Crippen LogP contribution in [-0.4, -0.2) is 48.8 Å². The Kier molecular flexibility index (Phi) is 5.50. The van der Waals surface area contributed by atoms with Gasteiger partial charge in [0.15, 0.2) is 9.75 Å². The molecule has 0 aromatic heterocycles. The van der Waals surface area contributed by atoms with E-state index in [1.54, 1.807) is 6.08 Å². The van der Waals surface area contributed by atoms with Crippen molar-refractivity contribution in [2.75, 3.05) is 4.90 Å². The number of phenolic OH excluding ortho intramolecular Hbond substituents is 1. The Labute approximate surface area is 230 Å². The molecule has 4 amide bonds. The van der Waals surface area contributed by atoms with Crippen LogP contribution in [0.3, 0.4) is 0 Å². The number of halogens is 4. The first kappa shape index (κ1) is 25.3. The molecule has 2 aliphatic heterocycles.